The van der Waals surface area contributed by atoms with Crippen molar-refractivity contribution >= 4 is 0 Å². The van der Waals surface area contributed by atoms with E-state index < -0.39 is 0 Å². The first-order valence-electron chi connectivity index (χ1n) is 7.65. The van der Waals surface area contributed by atoms with Crippen molar-refractivity contribution in [3.8, 4) is 17.2 Å². The molecule has 1 aliphatic carbocycles. The summed E-state index contributed by atoms with van der Waals surface area (Å²) in [6.07, 6.45) is 5.14. The van der Waals surface area contributed by atoms with Crippen LogP contribution in [0.3, 0.4) is 0 Å². The standard InChI is InChI=1S/C16H23NO4/c1-18-7-6-17-10-12-8-15-16(20-11-19-15)9-14(12)21-13-4-2-3-5-13/h8-9,13,17H,2-7,10-11H2,1H3. The van der Waals surface area contributed by atoms with Crippen LogP contribution in [-0.2, 0) is 11.3 Å². The Hall–Kier alpha value is -1.46. The SMILES string of the molecule is COCCNCc1cc2c(cc1OC1CCCC1)OCO2. The monoisotopic (exact) mass is 293 g/mol. The maximum atomic E-state index is 6.18. The van der Waals surface area contributed by atoms with E-state index in [0.717, 1.165) is 48.7 Å². The number of methoxy groups -OCH3 is 1. The van der Waals surface area contributed by atoms with Gasteiger partial charge in [-0.3, -0.25) is 0 Å². The van der Waals surface area contributed by atoms with Crippen molar-refractivity contribution in [3.63, 3.8) is 0 Å². The van der Waals surface area contributed by atoms with Crippen molar-refractivity contribution in [2.24, 2.45) is 0 Å². The molecule has 1 aliphatic heterocycles. The summed E-state index contributed by atoms with van der Waals surface area (Å²) in [5.41, 5.74) is 1.11. The van der Waals surface area contributed by atoms with Gasteiger partial charge in [0.15, 0.2) is 11.5 Å². The molecule has 5 nitrogen and oxygen atoms in total. The minimum absolute atomic E-state index is 0.290. The number of hydrogen-bond donors (Lipinski definition) is 1. The molecule has 2 aliphatic rings. The number of nitrogens with one attached hydrogen (secondary N) is 1. The smallest absolute Gasteiger partial charge is 0.231 e. The van der Waals surface area contributed by atoms with Gasteiger partial charge >= 0.3 is 0 Å². The van der Waals surface area contributed by atoms with Crippen LogP contribution in [0.5, 0.6) is 17.2 Å². The molecule has 0 bridgehead atoms. The molecule has 0 aromatic heterocycles. The Labute approximate surface area is 125 Å². The molecule has 3 rings (SSSR count). The van der Waals surface area contributed by atoms with Gasteiger partial charge in [0.2, 0.25) is 6.79 Å². The lowest BCUT2D eigenvalue weighted by Gasteiger charge is -2.17. The minimum atomic E-state index is 0.290. The summed E-state index contributed by atoms with van der Waals surface area (Å²) in [5.74, 6) is 2.50. The molecule has 0 spiro atoms. The number of hydrogen-bond acceptors (Lipinski definition) is 5. The zero-order valence-electron chi connectivity index (χ0n) is 12.5. The maximum absolute atomic E-state index is 6.18. The maximum Gasteiger partial charge on any atom is 0.231 e. The van der Waals surface area contributed by atoms with Crippen LogP contribution >= 0.6 is 0 Å². The van der Waals surface area contributed by atoms with E-state index in [9.17, 15) is 0 Å². The van der Waals surface area contributed by atoms with Crippen LogP contribution in [-0.4, -0.2) is 33.2 Å². The number of ether oxygens (including phenoxy) is 4. The van der Waals surface area contributed by atoms with Gasteiger partial charge in [-0.15, -0.1) is 0 Å². The van der Waals surface area contributed by atoms with Crippen molar-refractivity contribution in [2.45, 2.75) is 38.3 Å². The van der Waals surface area contributed by atoms with Gasteiger partial charge < -0.3 is 24.3 Å². The van der Waals surface area contributed by atoms with Crippen molar-refractivity contribution in [1.82, 2.24) is 5.32 Å². The molecule has 0 unspecified atom stereocenters. The molecule has 1 heterocycles. The van der Waals surface area contributed by atoms with Gasteiger partial charge in [0.05, 0.1) is 12.7 Å². The third kappa shape index (κ3) is 3.60. The minimum Gasteiger partial charge on any atom is -0.490 e. The van der Waals surface area contributed by atoms with Gasteiger partial charge in [0.25, 0.3) is 0 Å². The van der Waals surface area contributed by atoms with E-state index in [2.05, 4.69) is 5.32 Å². The van der Waals surface area contributed by atoms with Crippen molar-refractivity contribution in [2.75, 3.05) is 27.1 Å². The van der Waals surface area contributed by atoms with E-state index in [1.165, 1.54) is 12.8 Å². The summed E-state index contributed by atoms with van der Waals surface area (Å²) in [4.78, 5) is 0. The first-order chi connectivity index (χ1) is 10.4. The van der Waals surface area contributed by atoms with Gasteiger partial charge in [-0.25, -0.2) is 0 Å². The van der Waals surface area contributed by atoms with Gasteiger partial charge in [-0.2, -0.15) is 0 Å². The van der Waals surface area contributed by atoms with Crippen LogP contribution in [0.2, 0.25) is 0 Å². The van der Waals surface area contributed by atoms with Crippen LogP contribution in [0.4, 0.5) is 0 Å². The summed E-state index contributed by atoms with van der Waals surface area (Å²) in [5, 5.41) is 3.36. The Bertz CT molecular complexity index is 472. The largest absolute Gasteiger partial charge is 0.490 e. The van der Waals surface area contributed by atoms with E-state index in [0.29, 0.717) is 19.5 Å². The zero-order chi connectivity index (χ0) is 14.5. The summed E-state index contributed by atoms with van der Waals surface area (Å²) in [7, 11) is 1.71. The highest BCUT2D eigenvalue weighted by atomic mass is 16.7. The Morgan fingerprint density at radius 1 is 1.19 bits per heavy atom. The molecule has 1 aromatic rings. The zero-order valence-corrected chi connectivity index (χ0v) is 12.5. The molecule has 21 heavy (non-hydrogen) atoms. The number of rotatable bonds is 7. The van der Waals surface area contributed by atoms with Crippen molar-refractivity contribution in [1.29, 1.82) is 0 Å². The van der Waals surface area contributed by atoms with E-state index in [-0.39, 0.29) is 0 Å². The van der Waals surface area contributed by atoms with Crippen LogP contribution in [0.1, 0.15) is 31.2 Å². The number of benzene rings is 1. The fourth-order valence-electron chi connectivity index (χ4n) is 2.80. The Kier molecular flexibility index (Phi) is 4.83. The average molecular weight is 293 g/mol. The second kappa shape index (κ2) is 7.00. The van der Waals surface area contributed by atoms with E-state index in [1.807, 2.05) is 12.1 Å². The second-order valence-electron chi connectivity index (χ2n) is 5.51. The van der Waals surface area contributed by atoms with Crippen molar-refractivity contribution in [3.05, 3.63) is 17.7 Å². The first-order valence-corrected chi connectivity index (χ1v) is 7.65. The average Bonchev–Trinajstić information content (AvgIpc) is 3.14. The molecule has 116 valence electrons. The predicted molar refractivity (Wildman–Crippen MR) is 79.0 cm³/mol. The molecular formula is C16H23NO4. The second-order valence-corrected chi connectivity index (χ2v) is 5.51. The van der Waals surface area contributed by atoms with Crippen LogP contribution in [0.25, 0.3) is 0 Å². The highest BCUT2D eigenvalue weighted by Crippen LogP contribution is 2.39. The molecular weight excluding hydrogens is 270 g/mol. The lowest BCUT2D eigenvalue weighted by Crippen LogP contribution is -2.20. The number of fused-ring (bicyclic) bond motifs is 1. The first kappa shape index (κ1) is 14.5. The summed E-state index contributed by atoms with van der Waals surface area (Å²) >= 11 is 0. The van der Waals surface area contributed by atoms with Gasteiger partial charge in [-0.1, -0.05) is 0 Å². The third-order valence-corrected chi connectivity index (χ3v) is 3.95. The molecule has 1 aromatic carbocycles. The Morgan fingerprint density at radius 2 is 1.95 bits per heavy atom. The molecule has 0 atom stereocenters. The van der Waals surface area contributed by atoms with Crippen molar-refractivity contribution < 1.29 is 18.9 Å². The topological polar surface area (TPSA) is 49.0 Å². The molecule has 1 saturated carbocycles. The van der Waals surface area contributed by atoms with E-state index >= 15 is 0 Å². The van der Waals surface area contributed by atoms with E-state index in [4.69, 9.17) is 18.9 Å². The lowest BCUT2D eigenvalue weighted by atomic mass is 10.1. The van der Waals surface area contributed by atoms with Gasteiger partial charge in [0, 0.05) is 31.8 Å². The fraction of sp³-hybridized carbons (Fsp3) is 0.625. The highest BCUT2D eigenvalue weighted by molar-refractivity contribution is 5.52. The molecule has 1 fully saturated rings. The molecule has 0 radical (unpaired) electrons. The summed E-state index contributed by atoms with van der Waals surface area (Å²) < 4.78 is 22.2. The quantitative estimate of drug-likeness (QED) is 0.783. The van der Waals surface area contributed by atoms with E-state index in [1.54, 1.807) is 7.11 Å². The fourth-order valence-corrected chi connectivity index (χ4v) is 2.80. The Morgan fingerprint density at radius 3 is 2.71 bits per heavy atom. The molecule has 5 heteroatoms. The Balaban J connectivity index is 1.71. The van der Waals surface area contributed by atoms with Gasteiger partial charge in [-0.05, 0) is 31.7 Å². The third-order valence-electron chi connectivity index (χ3n) is 3.95. The summed E-state index contributed by atoms with van der Waals surface area (Å²) in [6, 6.07) is 3.99. The summed E-state index contributed by atoms with van der Waals surface area (Å²) in [6.45, 7) is 2.54. The predicted octanol–water partition coefficient (Wildman–Crippen LogP) is 2.47. The molecule has 0 saturated heterocycles. The molecule has 1 N–H and O–H groups in total. The normalized spacial score (nSPS) is 17.4. The highest BCUT2D eigenvalue weighted by Gasteiger charge is 2.22. The van der Waals surface area contributed by atoms with Crippen LogP contribution < -0.4 is 19.5 Å². The lowest BCUT2D eigenvalue weighted by molar-refractivity contribution is 0.173. The van der Waals surface area contributed by atoms with Crippen LogP contribution in [0, 0.1) is 0 Å². The molecule has 0 amide bonds. The van der Waals surface area contributed by atoms with Crippen LogP contribution in [0.15, 0.2) is 12.1 Å². The van der Waals surface area contributed by atoms with Gasteiger partial charge in [0.1, 0.15) is 5.75 Å².